The molecule has 1 aliphatic rings. The smallest absolute Gasteiger partial charge is 0.276 e. The Kier molecular flexibility index (Phi) is 6.81. The van der Waals surface area contributed by atoms with Crippen molar-refractivity contribution in [1.82, 2.24) is 14.7 Å². The Labute approximate surface area is 184 Å². The summed E-state index contributed by atoms with van der Waals surface area (Å²) in [7, 11) is 0. The van der Waals surface area contributed by atoms with Crippen molar-refractivity contribution in [3.63, 3.8) is 0 Å². The number of morpholine rings is 1. The number of ether oxygens (including phenoxy) is 2. The van der Waals surface area contributed by atoms with E-state index >= 15 is 0 Å². The maximum atomic E-state index is 13.2. The lowest BCUT2D eigenvalue weighted by atomic mass is 10.2. The number of hydrogen-bond acceptors (Lipinski definition) is 5. The summed E-state index contributed by atoms with van der Waals surface area (Å²) in [5, 5.41) is 7.09. The molecule has 162 valence electrons. The summed E-state index contributed by atoms with van der Waals surface area (Å²) in [4.78, 5) is 14.9. The van der Waals surface area contributed by atoms with Gasteiger partial charge in [-0.05, 0) is 35.9 Å². The summed E-state index contributed by atoms with van der Waals surface area (Å²) >= 11 is 5.75. The van der Waals surface area contributed by atoms with Gasteiger partial charge in [0.15, 0.2) is 12.4 Å². The quantitative estimate of drug-likeness (QED) is 0.600. The van der Waals surface area contributed by atoms with Crippen LogP contribution in [0.3, 0.4) is 0 Å². The van der Waals surface area contributed by atoms with Crippen LogP contribution in [-0.4, -0.2) is 46.9 Å². The first-order valence-corrected chi connectivity index (χ1v) is 10.3. The van der Waals surface area contributed by atoms with E-state index in [1.54, 1.807) is 12.3 Å². The number of nitrogens with one attached hydrogen (secondary N) is 1. The molecule has 0 spiro atoms. The molecule has 1 aliphatic heterocycles. The first-order valence-electron chi connectivity index (χ1n) is 9.88. The van der Waals surface area contributed by atoms with Crippen LogP contribution in [0.15, 0.2) is 54.7 Å². The summed E-state index contributed by atoms with van der Waals surface area (Å²) in [6.07, 6.45) is 1.63. The Morgan fingerprint density at radius 2 is 2.03 bits per heavy atom. The molecule has 4 rings (SSSR count). The number of aromatic nitrogens is 2. The fourth-order valence-corrected chi connectivity index (χ4v) is 3.39. The van der Waals surface area contributed by atoms with Gasteiger partial charge in [0.2, 0.25) is 0 Å². The summed E-state index contributed by atoms with van der Waals surface area (Å²) in [6.45, 7) is 4.17. The third kappa shape index (κ3) is 5.81. The number of rotatable bonds is 7. The molecule has 2 aromatic carbocycles. The average Bonchev–Trinajstić information content (AvgIpc) is 3.25. The Morgan fingerprint density at radius 1 is 1.19 bits per heavy atom. The van der Waals surface area contributed by atoms with Crippen LogP contribution in [0.1, 0.15) is 16.1 Å². The number of nitrogens with zero attached hydrogens (tertiary/aromatic N) is 3. The highest BCUT2D eigenvalue weighted by atomic mass is 35.5. The third-order valence-electron chi connectivity index (χ3n) is 4.82. The minimum Gasteiger partial charge on any atom is -0.471 e. The van der Waals surface area contributed by atoms with Gasteiger partial charge >= 0.3 is 0 Å². The van der Waals surface area contributed by atoms with Crippen molar-refractivity contribution < 1.29 is 18.7 Å². The SMILES string of the molecule is O=C(Nc1cccc(CN2CCOCC2)c1)c1ccn(COc2ccc(F)c(Cl)c2)n1. The average molecular weight is 445 g/mol. The number of benzene rings is 2. The van der Waals surface area contributed by atoms with Crippen molar-refractivity contribution in [1.29, 1.82) is 0 Å². The number of carbonyl (C=O) groups is 1. The van der Waals surface area contributed by atoms with Gasteiger partial charge in [0.05, 0.1) is 18.2 Å². The molecule has 0 bridgehead atoms. The summed E-state index contributed by atoms with van der Waals surface area (Å²) in [5.41, 5.74) is 2.10. The van der Waals surface area contributed by atoms with E-state index in [2.05, 4.69) is 15.3 Å². The highest BCUT2D eigenvalue weighted by Gasteiger charge is 2.13. The monoisotopic (exact) mass is 444 g/mol. The van der Waals surface area contributed by atoms with E-state index in [1.165, 1.54) is 22.9 Å². The summed E-state index contributed by atoms with van der Waals surface area (Å²) < 4.78 is 25.6. The molecule has 7 nitrogen and oxygen atoms in total. The van der Waals surface area contributed by atoms with E-state index in [4.69, 9.17) is 21.1 Å². The first-order chi connectivity index (χ1) is 15.1. The second-order valence-electron chi connectivity index (χ2n) is 7.13. The molecule has 1 amide bonds. The molecule has 2 heterocycles. The van der Waals surface area contributed by atoms with Crippen molar-refractivity contribution >= 4 is 23.2 Å². The van der Waals surface area contributed by atoms with Crippen LogP contribution in [0, 0.1) is 5.82 Å². The number of carbonyl (C=O) groups excluding carboxylic acids is 1. The molecule has 1 fully saturated rings. The van der Waals surface area contributed by atoms with Gasteiger partial charge in [-0.1, -0.05) is 23.7 Å². The molecular weight excluding hydrogens is 423 g/mol. The lowest BCUT2D eigenvalue weighted by molar-refractivity contribution is 0.0342. The van der Waals surface area contributed by atoms with Crippen molar-refractivity contribution in [3.05, 3.63) is 76.8 Å². The number of amides is 1. The predicted molar refractivity (Wildman–Crippen MR) is 115 cm³/mol. The summed E-state index contributed by atoms with van der Waals surface area (Å²) in [5.74, 6) is -0.418. The second kappa shape index (κ2) is 9.91. The van der Waals surface area contributed by atoms with Crippen LogP contribution < -0.4 is 10.1 Å². The van der Waals surface area contributed by atoms with Crippen molar-refractivity contribution in [3.8, 4) is 5.75 Å². The molecule has 1 aromatic heterocycles. The second-order valence-corrected chi connectivity index (χ2v) is 7.54. The Balaban J connectivity index is 1.33. The maximum absolute atomic E-state index is 13.2. The Bertz CT molecular complexity index is 1050. The summed E-state index contributed by atoms with van der Waals surface area (Å²) in [6, 6.07) is 13.5. The molecular formula is C22H22ClFN4O3. The molecule has 0 atom stereocenters. The minimum absolute atomic E-state index is 0.0196. The van der Waals surface area contributed by atoms with E-state index in [0.29, 0.717) is 11.4 Å². The number of halogens is 2. The van der Waals surface area contributed by atoms with Crippen molar-refractivity contribution in [2.75, 3.05) is 31.6 Å². The molecule has 1 N–H and O–H groups in total. The van der Waals surface area contributed by atoms with E-state index in [9.17, 15) is 9.18 Å². The van der Waals surface area contributed by atoms with Crippen LogP contribution in [0.5, 0.6) is 5.75 Å². The molecule has 9 heteroatoms. The fourth-order valence-electron chi connectivity index (χ4n) is 3.22. The van der Waals surface area contributed by atoms with Crippen LogP contribution in [0.2, 0.25) is 5.02 Å². The molecule has 0 unspecified atom stereocenters. The van der Waals surface area contributed by atoms with Gasteiger partial charge in [0, 0.05) is 37.6 Å². The van der Waals surface area contributed by atoms with Gasteiger partial charge in [-0.2, -0.15) is 5.10 Å². The van der Waals surface area contributed by atoms with E-state index in [1.807, 2.05) is 24.3 Å². The molecule has 3 aromatic rings. The van der Waals surface area contributed by atoms with Crippen molar-refractivity contribution in [2.45, 2.75) is 13.3 Å². The third-order valence-corrected chi connectivity index (χ3v) is 5.11. The fraction of sp³-hybridized carbons (Fsp3) is 0.273. The maximum Gasteiger partial charge on any atom is 0.276 e. The molecule has 0 saturated carbocycles. The van der Waals surface area contributed by atoms with Gasteiger partial charge in [-0.15, -0.1) is 0 Å². The molecule has 31 heavy (non-hydrogen) atoms. The lowest BCUT2D eigenvalue weighted by Gasteiger charge is -2.26. The van der Waals surface area contributed by atoms with Crippen LogP contribution in [-0.2, 0) is 18.0 Å². The van der Waals surface area contributed by atoms with E-state index in [0.717, 1.165) is 38.4 Å². The lowest BCUT2D eigenvalue weighted by Crippen LogP contribution is -2.35. The molecule has 1 saturated heterocycles. The van der Waals surface area contributed by atoms with Crippen LogP contribution in [0.25, 0.3) is 0 Å². The molecule has 0 aliphatic carbocycles. The van der Waals surface area contributed by atoms with Crippen molar-refractivity contribution in [2.24, 2.45) is 0 Å². The van der Waals surface area contributed by atoms with Crippen LogP contribution >= 0.6 is 11.6 Å². The van der Waals surface area contributed by atoms with Gasteiger partial charge in [-0.25, -0.2) is 9.07 Å². The van der Waals surface area contributed by atoms with Gasteiger partial charge in [-0.3, -0.25) is 9.69 Å². The Morgan fingerprint density at radius 3 is 2.84 bits per heavy atom. The van der Waals surface area contributed by atoms with E-state index < -0.39 is 5.82 Å². The van der Waals surface area contributed by atoms with Gasteiger partial charge < -0.3 is 14.8 Å². The van der Waals surface area contributed by atoms with Crippen LogP contribution in [0.4, 0.5) is 10.1 Å². The van der Waals surface area contributed by atoms with Gasteiger partial charge in [0.1, 0.15) is 11.6 Å². The predicted octanol–water partition coefficient (Wildman–Crippen LogP) is 3.80. The topological polar surface area (TPSA) is 68.6 Å². The largest absolute Gasteiger partial charge is 0.471 e. The minimum atomic E-state index is -0.513. The highest BCUT2D eigenvalue weighted by Crippen LogP contribution is 2.21. The Hall–Kier alpha value is -2.94. The first kappa shape index (κ1) is 21.3. The number of hydrogen-bond donors (Lipinski definition) is 1. The zero-order chi connectivity index (χ0) is 21.6. The molecule has 0 radical (unpaired) electrons. The zero-order valence-corrected chi connectivity index (χ0v) is 17.5. The zero-order valence-electron chi connectivity index (χ0n) is 16.8. The number of anilines is 1. The standard InChI is InChI=1S/C22H22ClFN4O3/c23-19-13-18(4-5-20(19)24)31-15-28-7-6-21(26-28)22(29)25-17-3-1-2-16(12-17)14-27-8-10-30-11-9-27/h1-7,12-13H,8-11,14-15H2,(H,25,29). The normalized spacial score (nSPS) is 14.4. The van der Waals surface area contributed by atoms with E-state index in [-0.39, 0.29) is 23.4 Å². The highest BCUT2D eigenvalue weighted by molar-refractivity contribution is 6.30. The van der Waals surface area contributed by atoms with Gasteiger partial charge in [0.25, 0.3) is 5.91 Å².